The molecule has 0 N–H and O–H groups in total. The van der Waals surface area contributed by atoms with E-state index >= 15 is 0 Å². The Kier molecular flexibility index (Phi) is 9.07. The van der Waals surface area contributed by atoms with Gasteiger partial charge in [0.05, 0.1) is 0 Å². The van der Waals surface area contributed by atoms with Gasteiger partial charge in [-0.05, 0) is 49.4 Å². The molecule has 0 spiro atoms. The first-order valence-electron chi connectivity index (χ1n) is 7.75. The second kappa shape index (κ2) is 9.07. The van der Waals surface area contributed by atoms with Gasteiger partial charge in [0.25, 0.3) is 0 Å². The molecule has 2 rings (SSSR count). The van der Waals surface area contributed by atoms with Gasteiger partial charge >= 0.3 is 0 Å². The maximum Gasteiger partial charge on any atom is -0.0383 e. The van der Waals surface area contributed by atoms with Crippen molar-refractivity contribution in [1.82, 2.24) is 0 Å². The van der Waals surface area contributed by atoms with E-state index in [0.717, 1.165) is 23.7 Å². The van der Waals surface area contributed by atoms with Gasteiger partial charge in [0.2, 0.25) is 0 Å². The molecule has 0 aromatic heterocycles. The SMILES string of the molecule is CC.CC.CC1CCC2CC(C)CCC2C1. The van der Waals surface area contributed by atoms with E-state index in [1.54, 1.807) is 0 Å². The highest BCUT2D eigenvalue weighted by Gasteiger charge is 2.32. The van der Waals surface area contributed by atoms with E-state index in [1.165, 1.54) is 38.5 Å². The molecular weight excluding hydrogens is 192 g/mol. The molecule has 0 heteroatoms. The molecule has 2 fully saturated rings. The fraction of sp³-hybridized carbons (Fsp3) is 1.00. The lowest BCUT2D eigenvalue weighted by Gasteiger charge is -2.40. The Hall–Kier alpha value is 0. The molecule has 98 valence electrons. The topological polar surface area (TPSA) is 0 Å². The minimum atomic E-state index is 1.03. The van der Waals surface area contributed by atoms with Gasteiger partial charge in [-0.3, -0.25) is 0 Å². The Morgan fingerprint density at radius 2 is 0.875 bits per heavy atom. The number of hydrogen-bond donors (Lipinski definition) is 0. The molecule has 16 heavy (non-hydrogen) atoms. The largest absolute Gasteiger partial charge is 0.0683 e. The van der Waals surface area contributed by atoms with Crippen LogP contribution in [-0.4, -0.2) is 0 Å². The predicted octanol–water partition coefficient (Wildman–Crippen LogP) is 5.91. The standard InChI is InChI=1S/C12H22.2C2H6/c1-9-3-5-12-8-10(2)4-6-11(12)7-9;2*1-2/h9-12H,3-8H2,1-2H3;2*1-2H3. The fourth-order valence-electron chi connectivity index (χ4n) is 3.36. The maximum atomic E-state index is 2.44. The van der Waals surface area contributed by atoms with Crippen molar-refractivity contribution in [2.45, 2.75) is 80.1 Å². The normalized spacial score (nSPS) is 37.1. The number of rotatable bonds is 0. The summed E-state index contributed by atoms with van der Waals surface area (Å²) >= 11 is 0. The number of hydrogen-bond acceptors (Lipinski definition) is 0. The molecule has 0 aromatic rings. The fourth-order valence-corrected chi connectivity index (χ4v) is 3.36. The quantitative estimate of drug-likeness (QED) is 0.481. The van der Waals surface area contributed by atoms with E-state index in [9.17, 15) is 0 Å². The zero-order chi connectivity index (χ0) is 12.6. The zero-order valence-electron chi connectivity index (χ0n) is 12.6. The highest BCUT2D eigenvalue weighted by atomic mass is 14.4. The molecular formula is C16H34. The van der Waals surface area contributed by atoms with Gasteiger partial charge < -0.3 is 0 Å². The Morgan fingerprint density at radius 1 is 0.562 bits per heavy atom. The summed E-state index contributed by atoms with van der Waals surface area (Å²) in [5.41, 5.74) is 0. The molecule has 4 unspecified atom stereocenters. The summed E-state index contributed by atoms with van der Waals surface area (Å²) in [6.07, 6.45) is 9.17. The summed E-state index contributed by atoms with van der Waals surface area (Å²) in [6, 6.07) is 0. The maximum absolute atomic E-state index is 2.44. The summed E-state index contributed by atoms with van der Waals surface area (Å²) in [4.78, 5) is 0. The monoisotopic (exact) mass is 226 g/mol. The molecule has 0 aromatic carbocycles. The summed E-state index contributed by atoms with van der Waals surface area (Å²) in [5, 5.41) is 0. The second-order valence-corrected chi connectivity index (χ2v) is 5.36. The third kappa shape index (κ3) is 4.89. The summed E-state index contributed by atoms with van der Waals surface area (Å²) in [6.45, 7) is 12.9. The van der Waals surface area contributed by atoms with E-state index in [1.807, 2.05) is 27.7 Å². The van der Waals surface area contributed by atoms with Gasteiger partial charge in [0.1, 0.15) is 0 Å². The minimum absolute atomic E-state index is 1.03. The van der Waals surface area contributed by atoms with E-state index in [4.69, 9.17) is 0 Å². The zero-order valence-corrected chi connectivity index (χ0v) is 12.6. The molecule has 0 nitrogen and oxygen atoms in total. The van der Waals surface area contributed by atoms with Crippen LogP contribution in [0.5, 0.6) is 0 Å². The van der Waals surface area contributed by atoms with Gasteiger partial charge in [-0.1, -0.05) is 54.4 Å². The first kappa shape index (κ1) is 16.0. The van der Waals surface area contributed by atoms with Crippen LogP contribution in [0.4, 0.5) is 0 Å². The highest BCUT2D eigenvalue weighted by molar-refractivity contribution is 4.83. The molecule has 2 aliphatic carbocycles. The van der Waals surface area contributed by atoms with Crippen molar-refractivity contribution in [3.63, 3.8) is 0 Å². The van der Waals surface area contributed by atoms with Crippen molar-refractivity contribution in [1.29, 1.82) is 0 Å². The summed E-state index contributed by atoms with van der Waals surface area (Å²) in [5.74, 6) is 4.29. The Balaban J connectivity index is 0.000000509. The van der Waals surface area contributed by atoms with Gasteiger partial charge in [0.15, 0.2) is 0 Å². The van der Waals surface area contributed by atoms with E-state index in [2.05, 4.69) is 13.8 Å². The average molecular weight is 226 g/mol. The van der Waals surface area contributed by atoms with Crippen molar-refractivity contribution in [2.24, 2.45) is 23.7 Å². The first-order chi connectivity index (χ1) is 7.75. The van der Waals surface area contributed by atoms with Gasteiger partial charge in [-0.25, -0.2) is 0 Å². The molecule has 0 bridgehead atoms. The molecule has 0 saturated heterocycles. The smallest absolute Gasteiger partial charge is 0.0383 e. The molecule has 0 amide bonds. The lowest BCUT2D eigenvalue weighted by atomic mass is 9.65. The molecule has 2 saturated carbocycles. The molecule has 0 radical (unpaired) electrons. The number of fused-ring (bicyclic) bond motifs is 1. The molecule has 0 aliphatic heterocycles. The Labute approximate surface area is 104 Å². The molecule has 2 aliphatic rings. The highest BCUT2D eigenvalue weighted by Crippen LogP contribution is 2.44. The summed E-state index contributed by atoms with van der Waals surface area (Å²) < 4.78 is 0. The Morgan fingerprint density at radius 3 is 1.19 bits per heavy atom. The second-order valence-electron chi connectivity index (χ2n) is 5.36. The van der Waals surface area contributed by atoms with Gasteiger partial charge in [0, 0.05) is 0 Å². The van der Waals surface area contributed by atoms with E-state index < -0.39 is 0 Å². The third-order valence-electron chi connectivity index (χ3n) is 4.14. The van der Waals surface area contributed by atoms with Crippen molar-refractivity contribution in [3.05, 3.63) is 0 Å². The van der Waals surface area contributed by atoms with Crippen LogP contribution in [0.1, 0.15) is 80.1 Å². The van der Waals surface area contributed by atoms with Crippen molar-refractivity contribution < 1.29 is 0 Å². The van der Waals surface area contributed by atoms with Crippen molar-refractivity contribution in [2.75, 3.05) is 0 Å². The van der Waals surface area contributed by atoms with E-state index in [-0.39, 0.29) is 0 Å². The summed E-state index contributed by atoms with van der Waals surface area (Å²) in [7, 11) is 0. The first-order valence-corrected chi connectivity index (χ1v) is 7.75. The van der Waals surface area contributed by atoms with Crippen LogP contribution in [0.2, 0.25) is 0 Å². The van der Waals surface area contributed by atoms with Crippen LogP contribution in [0.25, 0.3) is 0 Å². The van der Waals surface area contributed by atoms with E-state index in [0.29, 0.717) is 0 Å². The van der Waals surface area contributed by atoms with Crippen LogP contribution in [0.15, 0.2) is 0 Å². The van der Waals surface area contributed by atoms with Crippen LogP contribution < -0.4 is 0 Å². The predicted molar refractivity (Wildman–Crippen MR) is 75.7 cm³/mol. The van der Waals surface area contributed by atoms with Gasteiger partial charge in [-0.2, -0.15) is 0 Å². The van der Waals surface area contributed by atoms with Crippen molar-refractivity contribution in [3.8, 4) is 0 Å². The van der Waals surface area contributed by atoms with Crippen molar-refractivity contribution >= 4 is 0 Å². The Bertz CT molecular complexity index is 132. The average Bonchev–Trinajstić information content (AvgIpc) is 2.35. The van der Waals surface area contributed by atoms with Crippen LogP contribution >= 0.6 is 0 Å². The van der Waals surface area contributed by atoms with Crippen LogP contribution in [0.3, 0.4) is 0 Å². The molecule has 4 atom stereocenters. The van der Waals surface area contributed by atoms with Crippen LogP contribution in [0, 0.1) is 23.7 Å². The van der Waals surface area contributed by atoms with Gasteiger partial charge in [-0.15, -0.1) is 0 Å². The minimum Gasteiger partial charge on any atom is -0.0683 e. The lowest BCUT2D eigenvalue weighted by molar-refractivity contribution is 0.109. The lowest BCUT2D eigenvalue weighted by Crippen LogP contribution is -2.29. The molecule has 0 heterocycles. The third-order valence-corrected chi connectivity index (χ3v) is 4.14. The van der Waals surface area contributed by atoms with Crippen LogP contribution in [-0.2, 0) is 0 Å².